The third-order valence-electron chi connectivity index (χ3n) is 9.53. The summed E-state index contributed by atoms with van der Waals surface area (Å²) in [6, 6.07) is 7.00. The van der Waals surface area contributed by atoms with Crippen LogP contribution in [0.4, 0.5) is 4.79 Å². The van der Waals surface area contributed by atoms with E-state index >= 15 is 0 Å². The van der Waals surface area contributed by atoms with Crippen LogP contribution in [0.5, 0.6) is 11.5 Å². The van der Waals surface area contributed by atoms with E-state index in [1.54, 1.807) is 57.0 Å². The molecule has 14 heteroatoms. The van der Waals surface area contributed by atoms with Crippen LogP contribution < -0.4 is 20.1 Å². The molecule has 0 unspecified atom stereocenters. The van der Waals surface area contributed by atoms with Crippen molar-refractivity contribution in [3.8, 4) is 17.3 Å². The van der Waals surface area contributed by atoms with E-state index in [9.17, 15) is 24.3 Å². The van der Waals surface area contributed by atoms with Gasteiger partial charge in [-0.1, -0.05) is 25.0 Å². The maximum Gasteiger partial charge on any atom is 0.408 e. The van der Waals surface area contributed by atoms with Crippen LogP contribution in [0.25, 0.3) is 16.7 Å². The van der Waals surface area contributed by atoms with Gasteiger partial charge in [0.15, 0.2) is 5.82 Å². The molecule has 2 fully saturated rings. The summed E-state index contributed by atoms with van der Waals surface area (Å²) in [7, 11) is 1.57. The molecule has 1 saturated heterocycles. The number of hydrogen-bond acceptors (Lipinski definition) is 9. The first-order valence-electron chi connectivity index (χ1n) is 17.5. The van der Waals surface area contributed by atoms with Crippen molar-refractivity contribution in [3.63, 3.8) is 0 Å². The molecule has 51 heavy (non-hydrogen) atoms. The zero-order valence-electron chi connectivity index (χ0n) is 29.7. The first-order valence-corrected chi connectivity index (χ1v) is 17.5. The Morgan fingerprint density at radius 3 is 2.63 bits per heavy atom. The highest BCUT2D eigenvalue weighted by molar-refractivity contribution is 5.96. The van der Waals surface area contributed by atoms with E-state index in [1.807, 2.05) is 31.2 Å². The fraction of sp³-hybridized carbons (Fsp3) is 0.514. The molecule has 3 aliphatic rings. The number of aromatic nitrogens is 3. The van der Waals surface area contributed by atoms with Gasteiger partial charge in [-0.3, -0.25) is 9.59 Å². The molecule has 1 aromatic carbocycles. The molecular weight excluding hydrogens is 656 g/mol. The van der Waals surface area contributed by atoms with Crippen molar-refractivity contribution in [2.75, 3.05) is 13.7 Å². The minimum absolute atomic E-state index is 0.0169. The Balaban J connectivity index is 1.34. The normalized spacial score (nSPS) is 26.2. The van der Waals surface area contributed by atoms with Gasteiger partial charge < -0.3 is 34.9 Å². The molecule has 3 N–H and O–H groups in total. The Hall–Kier alpha value is -5.14. The number of amides is 3. The number of alkyl carbamates (subject to hydrolysis) is 1. The molecule has 0 radical (unpaired) electrons. The van der Waals surface area contributed by atoms with Gasteiger partial charge in [0.05, 0.1) is 24.9 Å². The van der Waals surface area contributed by atoms with Crippen molar-refractivity contribution in [1.29, 1.82) is 0 Å². The van der Waals surface area contributed by atoms with Gasteiger partial charge >= 0.3 is 12.1 Å². The maximum absolute atomic E-state index is 14.4. The van der Waals surface area contributed by atoms with Crippen LogP contribution in [0.15, 0.2) is 48.7 Å². The first-order chi connectivity index (χ1) is 24.3. The smallest absolute Gasteiger partial charge is 0.408 e. The summed E-state index contributed by atoms with van der Waals surface area (Å²) in [6.07, 6.45) is 7.91. The number of carboxylic acid groups (broad SMARTS) is 1. The Bertz CT molecular complexity index is 1850. The molecule has 5 atom stereocenters. The average molecular weight is 703 g/mol. The molecule has 14 nitrogen and oxygen atoms in total. The van der Waals surface area contributed by atoms with Crippen LogP contribution in [0.2, 0.25) is 0 Å². The van der Waals surface area contributed by atoms with Gasteiger partial charge in [-0.15, -0.1) is 0 Å². The standard InChI is InChI=1S/C37H46N6O8/c1-22-15-16-43(41-22)31-19-30(26-14-13-24(49-5)17-28(26)38-31)50-25-18-29-32(44)40-37(34(46)47)20-23(37)11-9-7-6-8-10-12-27(33(45)42(29)21-25)39-35(48)51-36(2,3)4/h9,11,13-17,19,23,25,27,29H,6-8,10,12,18,20-21H2,1-5H3,(H,39,48)(H,40,44)(H,46,47)/b11-9-/t23-,25+,27-,29-,37+/m0/s1. The Morgan fingerprint density at radius 2 is 1.92 bits per heavy atom. The number of fused-ring (bicyclic) bond motifs is 3. The van der Waals surface area contributed by atoms with Gasteiger partial charge in [-0.2, -0.15) is 5.10 Å². The summed E-state index contributed by atoms with van der Waals surface area (Å²) in [5.41, 5.74) is -0.843. The summed E-state index contributed by atoms with van der Waals surface area (Å²) in [6.45, 7) is 7.11. The Labute approximate surface area is 296 Å². The Kier molecular flexibility index (Phi) is 9.96. The first kappa shape index (κ1) is 35.7. The van der Waals surface area contributed by atoms with Crippen molar-refractivity contribution >= 4 is 34.8 Å². The van der Waals surface area contributed by atoms with Crippen molar-refractivity contribution in [3.05, 3.63) is 54.4 Å². The fourth-order valence-corrected chi connectivity index (χ4v) is 6.82. The quantitative estimate of drug-likeness (QED) is 0.311. The van der Waals surface area contributed by atoms with Gasteiger partial charge in [-0.25, -0.2) is 19.3 Å². The van der Waals surface area contributed by atoms with Gasteiger partial charge in [0, 0.05) is 36.1 Å². The van der Waals surface area contributed by atoms with Gasteiger partial charge in [-0.05, 0) is 71.6 Å². The van der Waals surface area contributed by atoms with Crippen molar-refractivity contribution < 1.29 is 38.5 Å². The maximum atomic E-state index is 14.4. The van der Waals surface area contributed by atoms with Crippen LogP contribution in [0.3, 0.4) is 0 Å². The van der Waals surface area contributed by atoms with Crippen molar-refractivity contribution in [1.82, 2.24) is 30.3 Å². The number of methoxy groups -OCH3 is 1. The highest BCUT2D eigenvalue weighted by Crippen LogP contribution is 2.45. The molecule has 1 saturated carbocycles. The summed E-state index contributed by atoms with van der Waals surface area (Å²) >= 11 is 0. The number of allylic oxidation sites excluding steroid dienone is 1. The zero-order valence-corrected chi connectivity index (χ0v) is 29.7. The van der Waals surface area contributed by atoms with Crippen LogP contribution >= 0.6 is 0 Å². The van der Waals surface area contributed by atoms with Gasteiger partial charge in [0.25, 0.3) is 0 Å². The Morgan fingerprint density at radius 1 is 1.12 bits per heavy atom. The zero-order chi connectivity index (χ0) is 36.5. The molecule has 1 aliphatic carbocycles. The highest BCUT2D eigenvalue weighted by atomic mass is 16.6. The molecule has 3 aromatic rings. The number of pyridine rings is 1. The molecule has 6 rings (SSSR count). The molecule has 2 aromatic heterocycles. The SMILES string of the molecule is COc1ccc2c(O[C@@H]3C[C@H]4C(=O)N[C@]5(C(=O)O)C[C@@H]5/C=C\CCCCC[C@H](NC(=O)OC(C)(C)C)C(=O)N4C3)cc(-n3ccc(C)n3)nc2c1. The number of nitrogens with zero attached hydrogens (tertiary/aromatic N) is 4. The minimum Gasteiger partial charge on any atom is -0.497 e. The lowest BCUT2D eigenvalue weighted by Gasteiger charge is -2.30. The lowest BCUT2D eigenvalue weighted by molar-refractivity contribution is -0.145. The van der Waals surface area contributed by atoms with Crippen LogP contribution in [-0.2, 0) is 19.1 Å². The predicted molar refractivity (Wildman–Crippen MR) is 187 cm³/mol. The largest absolute Gasteiger partial charge is 0.497 e. The highest BCUT2D eigenvalue weighted by Gasteiger charge is 2.61. The second-order valence-corrected chi connectivity index (χ2v) is 14.6. The number of aliphatic carboxylic acids is 1. The number of ether oxygens (including phenoxy) is 3. The fourth-order valence-electron chi connectivity index (χ4n) is 6.82. The monoisotopic (exact) mass is 702 g/mol. The summed E-state index contributed by atoms with van der Waals surface area (Å²) in [5.74, 6) is -0.962. The second kappa shape index (κ2) is 14.2. The average Bonchev–Trinajstić information content (AvgIpc) is 3.34. The van der Waals surface area contributed by atoms with Gasteiger partial charge in [0.2, 0.25) is 11.8 Å². The lowest BCUT2D eigenvalue weighted by atomic mass is 10.0. The number of rotatable bonds is 6. The third-order valence-corrected chi connectivity index (χ3v) is 9.53. The minimum atomic E-state index is -1.45. The summed E-state index contributed by atoms with van der Waals surface area (Å²) in [5, 5.41) is 20.9. The van der Waals surface area contributed by atoms with E-state index in [-0.39, 0.29) is 25.3 Å². The van der Waals surface area contributed by atoms with E-state index in [1.165, 1.54) is 4.90 Å². The van der Waals surface area contributed by atoms with Crippen LogP contribution in [0.1, 0.15) is 71.4 Å². The number of aryl methyl sites for hydroxylation is 1. The number of benzene rings is 1. The molecule has 2 aliphatic heterocycles. The molecule has 4 heterocycles. The van der Waals surface area contributed by atoms with Crippen LogP contribution in [0, 0.1) is 12.8 Å². The second-order valence-electron chi connectivity index (χ2n) is 14.6. The summed E-state index contributed by atoms with van der Waals surface area (Å²) in [4.78, 5) is 60.1. The number of nitrogens with one attached hydrogen (secondary N) is 2. The molecule has 272 valence electrons. The molecule has 3 amide bonds. The number of hydrogen-bond donors (Lipinski definition) is 3. The predicted octanol–water partition coefficient (Wildman–Crippen LogP) is 4.46. The number of carbonyl (C=O) groups is 4. The lowest BCUT2D eigenvalue weighted by Crippen LogP contribution is -2.56. The topological polar surface area (TPSA) is 174 Å². The third kappa shape index (κ3) is 7.94. The van der Waals surface area contributed by atoms with Crippen molar-refractivity contribution in [2.24, 2.45) is 5.92 Å². The number of carbonyl (C=O) groups excluding carboxylic acids is 3. The van der Waals surface area contributed by atoms with E-state index < -0.39 is 53.2 Å². The van der Waals surface area contributed by atoms with E-state index in [2.05, 4.69) is 15.7 Å². The summed E-state index contributed by atoms with van der Waals surface area (Å²) < 4.78 is 19.2. The van der Waals surface area contributed by atoms with Crippen LogP contribution in [-0.4, -0.2) is 91.6 Å². The van der Waals surface area contributed by atoms with E-state index in [0.29, 0.717) is 41.1 Å². The van der Waals surface area contributed by atoms with E-state index in [4.69, 9.17) is 19.2 Å². The molecular formula is C37H46N6O8. The number of carboxylic acids is 1. The molecule has 0 spiro atoms. The van der Waals surface area contributed by atoms with Gasteiger partial charge in [0.1, 0.15) is 40.8 Å². The van der Waals surface area contributed by atoms with E-state index in [0.717, 1.165) is 25.0 Å². The van der Waals surface area contributed by atoms with Crippen molar-refractivity contribution in [2.45, 2.75) is 102 Å². The molecule has 0 bridgehead atoms.